The van der Waals surface area contributed by atoms with Crippen LogP contribution >= 0.6 is 0 Å². The van der Waals surface area contributed by atoms with E-state index in [2.05, 4.69) is 10.2 Å². The summed E-state index contributed by atoms with van der Waals surface area (Å²) in [6, 6.07) is 7.38. The van der Waals surface area contributed by atoms with Crippen LogP contribution in [0.1, 0.15) is 23.3 Å². The molecule has 3 amide bonds. The first kappa shape index (κ1) is 17.5. The Bertz CT molecular complexity index is 906. The number of carbonyl (C=O) groups is 3. The maximum atomic E-state index is 13.1. The maximum Gasteiger partial charge on any atom is 0.275 e. The van der Waals surface area contributed by atoms with Crippen LogP contribution < -0.4 is 0 Å². The zero-order valence-corrected chi connectivity index (χ0v) is 15.5. The molecule has 0 saturated carbocycles. The van der Waals surface area contributed by atoms with E-state index in [-0.39, 0.29) is 36.2 Å². The lowest BCUT2D eigenvalue weighted by molar-refractivity contribution is -0.145. The van der Waals surface area contributed by atoms with Gasteiger partial charge in [-0.3, -0.25) is 19.5 Å². The zero-order valence-electron chi connectivity index (χ0n) is 15.5. The molecule has 0 spiro atoms. The molecular formula is C19H23N5O3. The average molecular weight is 369 g/mol. The number of aromatic nitrogens is 2. The molecule has 0 unspecified atom stereocenters. The fourth-order valence-corrected chi connectivity index (χ4v) is 3.98. The fraction of sp³-hybridized carbons (Fsp3) is 0.474. The average Bonchev–Trinajstić information content (AvgIpc) is 2.90. The normalized spacial score (nSPS) is 22.2. The molecule has 2 atom stereocenters. The Morgan fingerprint density at radius 3 is 2.78 bits per heavy atom. The molecular weight excluding hydrogens is 346 g/mol. The van der Waals surface area contributed by atoms with Gasteiger partial charge in [0, 0.05) is 38.6 Å². The summed E-state index contributed by atoms with van der Waals surface area (Å²) in [4.78, 5) is 43.0. The number of nitrogens with zero attached hydrogens (tertiary/aromatic N) is 4. The molecule has 3 aliphatic rings. The van der Waals surface area contributed by atoms with Gasteiger partial charge in [0.1, 0.15) is 6.54 Å². The van der Waals surface area contributed by atoms with Crippen molar-refractivity contribution in [2.45, 2.75) is 18.9 Å². The second kappa shape index (κ2) is 6.68. The van der Waals surface area contributed by atoms with E-state index in [1.807, 2.05) is 24.3 Å². The highest BCUT2D eigenvalue weighted by atomic mass is 16.2. The number of hydrogen-bond acceptors (Lipinski definition) is 4. The topological polar surface area (TPSA) is 89.6 Å². The van der Waals surface area contributed by atoms with Crippen LogP contribution in [-0.2, 0) is 9.59 Å². The van der Waals surface area contributed by atoms with E-state index in [9.17, 15) is 14.4 Å². The van der Waals surface area contributed by atoms with Crippen LogP contribution in [-0.4, -0.2) is 82.4 Å². The van der Waals surface area contributed by atoms with E-state index in [0.29, 0.717) is 18.8 Å². The summed E-state index contributed by atoms with van der Waals surface area (Å²) in [5, 5.41) is 7.88. The first-order valence-corrected chi connectivity index (χ1v) is 9.18. The van der Waals surface area contributed by atoms with E-state index < -0.39 is 0 Å². The molecule has 3 aliphatic heterocycles. The van der Waals surface area contributed by atoms with Gasteiger partial charge in [-0.15, -0.1) is 0 Å². The summed E-state index contributed by atoms with van der Waals surface area (Å²) < 4.78 is 0. The Hall–Kier alpha value is -2.90. The van der Waals surface area contributed by atoms with Crippen LogP contribution in [0.25, 0.3) is 10.9 Å². The summed E-state index contributed by atoms with van der Waals surface area (Å²) in [7, 11) is 3.36. The Balaban J connectivity index is 1.59. The summed E-state index contributed by atoms with van der Waals surface area (Å²) in [6.07, 6.45) is 1.56. The van der Waals surface area contributed by atoms with E-state index in [1.165, 1.54) is 4.90 Å². The number of rotatable bonds is 3. The molecule has 27 heavy (non-hydrogen) atoms. The molecule has 0 radical (unpaired) electrons. The molecule has 8 nitrogen and oxygen atoms in total. The van der Waals surface area contributed by atoms with Crippen LogP contribution in [0.2, 0.25) is 0 Å². The summed E-state index contributed by atoms with van der Waals surface area (Å²) >= 11 is 0. The van der Waals surface area contributed by atoms with E-state index in [1.54, 1.807) is 23.9 Å². The first-order chi connectivity index (χ1) is 13.0. The van der Waals surface area contributed by atoms with Gasteiger partial charge in [0.25, 0.3) is 5.91 Å². The number of benzene rings is 1. The smallest absolute Gasteiger partial charge is 0.275 e. The molecule has 5 rings (SSSR count). The molecule has 2 aromatic rings. The van der Waals surface area contributed by atoms with Crippen molar-refractivity contribution >= 4 is 28.6 Å². The third kappa shape index (κ3) is 3.05. The minimum Gasteiger partial charge on any atom is -0.347 e. The van der Waals surface area contributed by atoms with Crippen LogP contribution in [0, 0.1) is 5.92 Å². The van der Waals surface area contributed by atoms with Crippen LogP contribution in [0.15, 0.2) is 24.3 Å². The van der Waals surface area contributed by atoms with Crippen molar-refractivity contribution in [2.24, 2.45) is 5.92 Å². The summed E-state index contributed by atoms with van der Waals surface area (Å²) in [5.41, 5.74) is 1.20. The minimum atomic E-state index is -0.257. The van der Waals surface area contributed by atoms with Crippen molar-refractivity contribution in [1.82, 2.24) is 24.9 Å². The Morgan fingerprint density at radius 1 is 1.22 bits per heavy atom. The monoisotopic (exact) mass is 369 g/mol. The van der Waals surface area contributed by atoms with Gasteiger partial charge in [-0.2, -0.15) is 5.10 Å². The number of para-hydroxylation sites is 1. The second-order valence-electron chi connectivity index (χ2n) is 7.51. The van der Waals surface area contributed by atoms with Crippen LogP contribution in [0.5, 0.6) is 0 Å². The van der Waals surface area contributed by atoms with E-state index >= 15 is 0 Å². The van der Waals surface area contributed by atoms with E-state index in [0.717, 1.165) is 23.7 Å². The lowest BCUT2D eigenvalue weighted by Gasteiger charge is -2.35. The Morgan fingerprint density at radius 2 is 2.00 bits per heavy atom. The van der Waals surface area contributed by atoms with Gasteiger partial charge < -0.3 is 14.7 Å². The zero-order chi connectivity index (χ0) is 19.1. The fourth-order valence-electron chi connectivity index (χ4n) is 3.98. The highest BCUT2D eigenvalue weighted by Crippen LogP contribution is 2.30. The predicted octanol–water partition coefficient (Wildman–Crippen LogP) is 0.714. The molecule has 8 heteroatoms. The largest absolute Gasteiger partial charge is 0.347 e. The third-order valence-corrected chi connectivity index (χ3v) is 5.56. The minimum absolute atomic E-state index is 0.0244. The number of carbonyl (C=O) groups excluding carboxylic acids is 3. The van der Waals surface area contributed by atoms with Crippen molar-refractivity contribution in [3.05, 3.63) is 30.0 Å². The second-order valence-corrected chi connectivity index (χ2v) is 7.51. The lowest BCUT2D eigenvalue weighted by atomic mass is 9.94. The number of amides is 3. The van der Waals surface area contributed by atoms with E-state index in [4.69, 9.17) is 0 Å². The quantitative estimate of drug-likeness (QED) is 0.863. The number of H-pyrrole nitrogens is 1. The Kier molecular flexibility index (Phi) is 4.33. The molecule has 3 saturated heterocycles. The molecule has 4 heterocycles. The number of nitrogens with one attached hydrogen (secondary N) is 1. The number of aromatic amines is 1. The molecule has 0 aliphatic carbocycles. The van der Waals surface area contributed by atoms with Gasteiger partial charge in [-0.05, 0) is 18.9 Å². The molecule has 142 valence electrons. The molecule has 1 aromatic heterocycles. The number of likely N-dealkylation sites (N-methyl/N-ethyl adjacent to an activating group) is 1. The van der Waals surface area contributed by atoms with Gasteiger partial charge >= 0.3 is 0 Å². The first-order valence-electron chi connectivity index (χ1n) is 9.18. The van der Waals surface area contributed by atoms with Crippen molar-refractivity contribution in [3.63, 3.8) is 0 Å². The highest BCUT2D eigenvalue weighted by Gasteiger charge is 2.43. The molecule has 2 bridgehead atoms. The number of fused-ring (bicyclic) bond motifs is 5. The predicted molar refractivity (Wildman–Crippen MR) is 98.9 cm³/mol. The van der Waals surface area contributed by atoms with Crippen molar-refractivity contribution in [3.8, 4) is 0 Å². The summed E-state index contributed by atoms with van der Waals surface area (Å²) in [5.74, 6) is -0.554. The van der Waals surface area contributed by atoms with Crippen molar-refractivity contribution in [1.29, 1.82) is 0 Å². The number of hydrogen-bond donors (Lipinski definition) is 1. The summed E-state index contributed by atoms with van der Waals surface area (Å²) in [6.45, 7) is 0.880. The lowest BCUT2D eigenvalue weighted by Crippen LogP contribution is -2.51. The standard InChI is InChI=1S/C19H23N5O3/c1-22(2)16(25)11-24-13-8-7-12(18(24)26)9-23(10-13)19(27)17-14-5-3-4-6-15(14)20-21-17/h3-6,12-13H,7-11H2,1-2H3,(H,20,21)/t12-,13+/m0/s1. The van der Waals surface area contributed by atoms with Gasteiger partial charge in [0.15, 0.2) is 5.69 Å². The molecule has 3 fully saturated rings. The van der Waals surface area contributed by atoms with Gasteiger partial charge in [0.05, 0.1) is 11.4 Å². The van der Waals surface area contributed by atoms with Crippen molar-refractivity contribution in [2.75, 3.05) is 33.7 Å². The molecule has 1 aromatic carbocycles. The Labute approximate surface area is 157 Å². The van der Waals surface area contributed by atoms with Crippen LogP contribution in [0.4, 0.5) is 0 Å². The third-order valence-electron chi connectivity index (χ3n) is 5.56. The van der Waals surface area contributed by atoms with Crippen LogP contribution in [0.3, 0.4) is 0 Å². The highest BCUT2D eigenvalue weighted by molar-refractivity contribution is 6.05. The molecule has 1 N–H and O–H groups in total. The maximum absolute atomic E-state index is 13.1. The SMILES string of the molecule is CN(C)C(=O)CN1C(=O)[C@H]2CC[C@@H]1CN(C(=O)c1n[nH]c3ccccc13)C2. The van der Waals surface area contributed by atoms with Gasteiger partial charge in [0.2, 0.25) is 11.8 Å². The van der Waals surface area contributed by atoms with Gasteiger partial charge in [-0.1, -0.05) is 18.2 Å². The van der Waals surface area contributed by atoms with Crippen molar-refractivity contribution < 1.29 is 14.4 Å². The van der Waals surface area contributed by atoms with Gasteiger partial charge in [-0.25, -0.2) is 0 Å². The number of piperidine rings is 1.